The molecular formula is C15H16BrN3O2. The van der Waals surface area contributed by atoms with E-state index in [4.69, 9.17) is 0 Å². The van der Waals surface area contributed by atoms with Gasteiger partial charge in [-0.2, -0.15) is 0 Å². The van der Waals surface area contributed by atoms with Crippen molar-refractivity contribution in [1.82, 2.24) is 0 Å². The molecule has 0 amide bonds. The van der Waals surface area contributed by atoms with Crippen molar-refractivity contribution in [2.24, 2.45) is 0 Å². The minimum Gasteiger partial charge on any atom is -0.385 e. The molecule has 0 aliphatic rings. The largest absolute Gasteiger partial charge is 0.385 e. The first-order valence-corrected chi connectivity index (χ1v) is 7.36. The minimum atomic E-state index is -0.389. The fraction of sp³-hybridized carbons (Fsp3) is 0.200. The molecule has 6 heteroatoms. The number of nitro benzene ring substituents is 1. The molecule has 0 bridgehead atoms. The highest BCUT2D eigenvalue weighted by atomic mass is 79.9. The minimum absolute atomic E-state index is 0.0589. The van der Waals surface area contributed by atoms with E-state index in [-0.39, 0.29) is 10.6 Å². The van der Waals surface area contributed by atoms with Gasteiger partial charge in [0.2, 0.25) is 0 Å². The second-order valence-corrected chi connectivity index (χ2v) is 5.45. The molecule has 0 spiro atoms. The van der Waals surface area contributed by atoms with E-state index in [0.717, 1.165) is 21.4 Å². The maximum Gasteiger partial charge on any atom is 0.273 e. The summed E-state index contributed by atoms with van der Waals surface area (Å²) in [5.41, 5.74) is 3.42. The van der Waals surface area contributed by atoms with E-state index in [2.05, 4.69) is 26.6 Å². The molecule has 0 atom stereocenters. The van der Waals surface area contributed by atoms with E-state index < -0.39 is 0 Å². The maximum atomic E-state index is 11.0. The maximum absolute atomic E-state index is 11.0. The highest BCUT2D eigenvalue weighted by molar-refractivity contribution is 9.10. The van der Waals surface area contributed by atoms with Crippen LogP contribution in [-0.2, 0) is 0 Å². The van der Waals surface area contributed by atoms with Gasteiger partial charge in [-0.3, -0.25) is 10.1 Å². The van der Waals surface area contributed by atoms with Gasteiger partial charge in [-0.1, -0.05) is 22.0 Å². The molecule has 0 heterocycles. The number of benzene rings is 2. The fourth-order valence-corrected chi connectivity index (χ4v) is 2.36. The Hall–Kier alpha value is -2.08. The van der Waals surface area contributed by atoms with Crippen LogP contribution in [0.25, 0.3) is 0 Å². The number of nitrogens with one attached hydrogen (secondary N) is 2. The molecule has 0 aliphatic heterocycles. The molecule has 0 aliphatic carbocycles. The van der Waals surface area contributed by atoms with Crippen molar-refractivity contribution in [3.63, 3.8) is 0 Å². The molecule has 0 saturated heterocycles. The zero-order valence-electron chi connectivity index (χ0n) is 11.8. The Kier molecular flexibility index (Phi) is 4.80. The van der Waals surface area contributed by atoms with Crippen LogP contribution in [0.4, 0.5) is 22.7 Å². The standard InChI is InChI=1S/C15H16BrN3O2/c1-3-17-11-7-12(9-13(8-11)19(20)21)18-15-6-4-5-14(16)10(15)2/h4-9,17-18H,3H2,1-2H3. The molecule has 0 fully saturated rings. The molecule has 0 saturated carbocycles. The lowest BCUT2D eigenvalue weighted by Gasteiger charge is -2.12. The van der Waals surface area contributed by atoms with Gasteiger partial charge in [-0.25, -0.2) is 0 Å². The molecule has 21 heavy (non-hydrogen) atoms. The summed E-state index contributed by atoms with van der Waals surface area (Å²) in [5.74, 6) is 0. The van der Waals surface area contributed by atoms with Gasteiger partial charge in [0.25, 0.3) is 5.69 Å². The van der Waals surface area contributed by atoms with E-state index in [1.54, 1.807) is 0 Å². The van der Waals surface area contributed by atoms with Crippen LogP contribution in [0, 0.1) is 17.0 Å². The zero-order valence-corrected chi connectivity index (χ0v) is 13.4. The van der Waals surface area contributed by atoms with Crippen molar-refractivity contribution in [1.29, 1.82) is 0 Å². The molecule has 2 aromatic rings. The Balaban J connectivity index is 2.38. The molecule has 2 aromatic carbocycles. The lowest BCUT2D eigenvalue weighted by Crippen LogP contribution is -2.00. The van der Waals surface area contributed by atoms with Crippen molar-refractivity contribution in [2.75, 3.05) is 17.2 Å². The van der Waals surface area contributed by atoms with Gasteiger partial charge in [-0.05, 0) is 37.6 Å². The van der Waals surface area contributed by atoms with E-state index in [0.29, 0.717) is 12.2 Å². The van der Waals surface area contributed by atoms with Crippen LogP contribution in [0.1, 0.15) is 12.5 Å². The number of anilines is 3. The number of rotatable bonds is 5. The molecule has 0 aromatic heterocycles. The summed E-state index contributed by atoms with van der Waals surface area (Å²) in [7, 11) is 0. The van der Waals surface area contributed by atoms with Gasteiger partial charge in [0.15, 0.2) is 0 Å². The van der Waals surface area contributed by atoms with Gasteiger partial charge in [0.05, 0.1) is 4.92 Å². The average molecular weight is 350 g/mol. The van der Waals surface area contributed by atoms with Crippen molar-refractivity contribution in [2.45, 2.75) is 13.8 Å². The summed E-state index contributed by atoms with van der Waals surface area (Å²) in [6.07, 6.45) is 0. The van der Waals surface area contributed by atoms with Crippen molar-refractivity contribution in [3.05, 3.63) is 56.5 Å². The third-order valence-electron chi connectivity index (χ3n) is 3.06. The van der Waals surface area contributed by atoms with Gasteiger partial charge in [-0.15, -0.1) is 0 Å². The van der Waals surface area contributed by atoms with Gasteiger partial charge < -0.3 is 10.6 Å². The highest BCUT2D eigenvalue weighted by Crippen LogP contribution is 2.30. The third kappa shape index (κ3) is 3.72. The van der Waals surface area contributed by atoms with Crippen LogP contribution in [0.2, 0.25) is 0 Å². The van der Waals surface area contributed by atoms with Crippen LogP contribution < -0.4 is 10.6 Å². The zero-order chi connectivity index (χ0) is 15.4. The predicted molar refractivity (Wildman–Crippen MR) is 89.4 cm³/mol. The van der Waals surface area contributed by atoms with Gasteiger partial charge in [0.1, 0.15) is 0 Å². The number of nitro groups is 1. The van der Waals surface area contributed by atoms with E-state index in [9.17, 15) is 10.1 Å². The normalized spacial score (nSPS) is 10.2. The van der Waals surface area contributed by atoms with Crippen LogP contribution in [0.5, 0.6) is 0 Å². The van der Waals surface area contributed by atoms with Crippen molar-refractivity contribution in [3.8, 4) is 0 Å². The van der Waals surface area contributed by atoms with Gasteiger partial charge in [0, 0.05) is 40.2 Å². The molecule has 2 rings (SSSR count). The Morgan fingerprint density at radius 2 is 1.95 bits per heavy atom. The summed E-state index contributed by atoms with van der Waals surface area (Å²) in [6.45, 7) is 4.63. The first kappa shape index (κ1) is 15.3. The SMILES string of the molecule is CCNc1cc(Nc2cccc(Br)c2C)cc([N+](=O)[O-])c1. The number of hydrogen-bond donors (Lipinski definition) is 2. The Morgan fingerprint density at radius 1 is 1.24 bits per heavy atom. The quantitative estimate of drug-likeness (QED) is 0.598. The molecule has 110 valence electrons. The van der Waals surface area contributed by atoms with Crippen molar-refractivity contribution >= 4 is 38.7 Å². The topological polar surface area (TPSA) is 67.2 Å². The van der Waals surface area contributed by atoms with E-state index in [1.807, 2.05) is 38.1 Å². The smallest absolute Gasteiger partial charge is 0.273 e. The summed E-state index contributed by atoms with van der Waals surface area (Å²) in [5, 5.41) is 17.4. The summed E-state index contributed by atoms with van der Waals surface area (Å²) in [6, 6.07) is 10.7. The fourth-order valence-electron chi connectivity index (χ4n) is 1.99. The third-order valence-corrected chi connectivity index (χ3v) is 3.92. The number of hydrogen-bond acceptors (Lipinski definition) is 4. The lowest BCUT2D eigenvalue weighted by molar-refractivity contribution is -0.384. The molecule has 0 unspecified atom stereocenters. The van der Waals surface area contributed by atoms with Crippen LogP contribution >= 0.6 is 15.9 Å². The first-order chi connectivity index (χ1) is 10.0. The highest BCUT2D eigenvalue weighted by Gasteiger charge is 2.10. The predicted octanol–water partition coefficient (Wildman–Crippen LogP) is 4.84. The monoisotopic (exact) mass is 349 g/mol. The molecule has 0 radical (unpaired) electrons. The number of non-ortho nitro benzene ring substituents is 1. The number of nitrogens with zero attached hydrogens (tertiary/aromatic N) is 1. The molecule has 2 N–H and O–H groups in total. The second kappa shape index (κ2) is 6.58. The Bertz CT molecular complexity index is 674. The molecular weight excluding hydrogens is 334 g/mol. The van der Waals surface area contributed by atoms with E-state index in [1.165, 1.54) is 12.1 Å². The summed E-state index contributed by atoms with van der Waals surface area (Å²) < 4.78 is 0.991. The second-order valence-electron chi connectivity index (χ2n) is 4.59. The first-order valence-electron chi connectivity index (χ1n) is 6.56. The van der Waals surface area contributed by atoms with Crippen LogP contribution in [0.15, 0.2) is 40.9 Å². The van der Waals surface area contributed by atoms with Crippen LogP contribution in [0.3, 0.4) is 0 Å². The average Bonchev–Trinajstić information content (AvgIpc) is 2.44. The van der Waals surface area contributed by atoms with Crippen LogP contribution in [-0.4, -0.2) is 11.5 Å². The summed E-state index contributed by atoms with van der Waals surface area (Å²) in [4.78, 5) is 10.6. The number of halogens is 1. The Morgan fingerprint density at radius 3 is 2.62 bits per heavy atom. The lowest BCUT2D eigenvalue weighted by atomic mass is 10.2. The molecule has 5 nitrogen and oxygen atoms in total. The van der Waals surface area contributed by atoms with Crippen molar-refractivity contribution < 1.29 is 4.92 Å². The van der Waals surface area contributed by atoms with Gasteiger partial charge >= 0.3 is 0 Å². The van der Waals surface area contributed by atoms with E-state index >= 15 is 0 Å². The Labute approximate surface area is 131 Å². The summed E-state index contributed by atoms with van der Waals surface area (Å²) >= 11 is 3.48.